The highest BCUT2D eigenvalue weighted by atomic mass is 35.5. The van der Waals surface area contributed by atoms with Crippen LogP contribution in [0.5, 0.6) is 0 Å². The van der Waals surface area contributed by atoms with Crippen LogP contribution in [0.3, 0.4) is 0 Å². The first-order valence-corrected chi connectivity index (χ1v) is 9.27. The number of halogens is 1. The molecule has 0 fully saturated rings. The lowest BCUT2D eigenvalue weighted by atomic mass is 10.1. The Hall–Kier alpha value is -1.89. The van der Waals surface area contributed by atoms with Gasteiger partial charge in [0.2, 0.25) is 15.9 Å². The molecule has 0 heterocycles. The summed E-state index contributed by atoms with van der Waals surface area (Å²) in [6, 6.07) is 11.8. The van der Waals surface area contributed by atoms with Gasteiger partial charge < -0.3 is 5.32 Å². The van der Waals surface area contributed by atoms with Crippen LogP contribution in [0.15, 0.2) is 47.4 Å². The maximum atomic E-state index is 12.1. The summed E-state index contributed by atoms with van der Waals surface area (Å²) in [5.41, 5.74) is 2.91. The van der Waals surface area contributed by atoms with Gasteiger partial charge in [0.1, 0.15) is 4.90 Å². The van der Waals surface area contributed by atoms with Crippen molar-refractivity contribution in [3.63, 3.8) is 0 Å². The van der Waals surface area contributed by atoms with Crippen LogP contribution < -0.4 is 10.0 Å². The summed E-state index contributed by atoms with van der Waals surface area (Å²) < 4.78 is 26.7. The smallest absolute Gasteiger partial charge is 0.242 e. The second-order valence-corrected chi connectivity index (χ2v) is 7.57. The average molecular weight is 367 g/mol. The van der Waals surface area contributed by atoms with Crippen molar-refractivity contribution >= 4 is 33.2 Å². The molecule has 2 rings (SSSR count). The fourth-order valence-electron chi connectivity index (χ4n) is 2.08. The minimum atomic E-state index is -3.73. The van der Waals surface area contributed by atoms with Crippen molar-refractivity contribution < 1.29 is 13.2 Å². The van der Waals surface area contributed by atoms with Crippen molar-refractivity contribution in [2.24, 2.45) is 0 Å². The van der Waals surface area contributed by atoms with Crippen LogP contribution >= 0.6 is 11.6 Å². The minimum Gasteiger partial charge on any atom is -0.326 e. The molecule has 0 spiro atoms. The Morgan fingerprint density at radius 2 is 1.79 bits per heavy atom. The summed E-state index contributed by atoms with van der Waals surface area (Å²) >= 11 is 5.89. The molecule has 1 amide bonds. The minimum absolute atomic E-state index is 0.00114. The van der Waals surface area contributed by atoms with E-state index in [4.69, 9.17) is 11.6 Å². The van der Waals surface area contributed by atoms with E-state index in [2.05, 4.69) is 10.0 Å². The third-order valence-corrected chi connectivity index (χ3v) is 5.52. The number of carbonyl (C=O) groups is 1. The van der Waals surface area contributed by atoms with E-state index in [1.165, 1.54) is 12.1 Å². The van der Waals surface area contributed by atoms with Gasteiger partial charge in [0.25, 0.3) is 0 Å². The van der Waals surface area contributed by atoms with Crippen molar-refractivity contribution in [2.45, 2.75) is 25.2 Å². The molecule has 0 radical (unpaired) electrons. The van der Waals surface area contributed by atoms with Gasteiger partial charge in [-0.05, 0) is 49.2 Å². The fraction of sp³-hybridized carbons (Fsp3) is 0.235. The zero-order valence-electron chi connectivity index (χ0n) is 13.5. The van der Waals surface area contributed by atoms with Crippen molar-refractivity contribution in [3.8, 4) is 0 Å². The van der Waals surface area contributed by atoms with Crippen molar-refractivity contribution in [1.29, 1.82) is 0 Å². The lowest BCUT2D eigenvalue weighted by Gasteiger charge is -2.09. The monoisotopic (exact) mass is 366 g/mol. The van der Waals surface area contributed by atoms with E-state index in [1.54, 1.807) is 12.1 Å². The topological polar surface area (TPSA) is 75.3 Å². The third-order valence-electron chi connectivity index (χ3n) is 3.56. The summed E-state index contributed by atoms with van der Waals surface area (Å²) in [4.78, 5) is 11.9. The Morgan fingerprint density at radius 1 is 1.08 bits per heavy atom. The molecular weight excluding hydrogens is 348 g/mol. The maximum absolute atomic E-state index is 12.1. The Labute approximate surface area is 147 Å². The third kappa shape index (κ3) is 4.80. The van der Waals surface area contributed by atoms with Gasteiger partial charge in [-0.3, -0.25) is 4.79 Å². The molecule has 0 atom stereocenters. The lowest BCUT2D eigenvalue weighted by Crippen LogP contribution is -2.28. The average Bonchev–Trinajstić information content (AvgIpc) is 2.51. The van der Waals surface area contributed by atoms with Crippen LogP contribution in [0.1, 0.15) is 17.5 Å². The zero-order chi connectivity index (χ0) is 17.7. The van der Waals surface area contributed by atoms with E-state index in [0.29, 0.717) is 5.69 Å². The van der Waals surface area contributed by atoms with E-state index in [1.807, 2.05) is 32.0 Å². The Morgan fingerprint density at radius 3 is 2.46 bits per heavy atom. The first-order chi connectivity index (χ1) is 11.3. The standard InChI is InChI=1S/C17H19ClN2O3S/c1-12-7-8-14(11-13(12)2)20-17(21)9-10-19-24(22,23)16-6-4-3-5-15(16)18/h3-8,11,19H,9-10H2,1-2H3,(H,20,21). The highest BCUT2D eigenvalue weighted by molar-refractivity contribution is 7.89. The highest BCUT2D eigenvalue weighted by Gasteiger charge is 2.17. The zero-order valence-corrected chi connectivity index (χ0v) is 15.0. The number of carbonyl (C=O) groups excluding carboxylic acids is 1. The molecule has 0 aliphatic heterocycles. The molecule has 5 nitrogen and oxygen atoms in total. The van der Waals surface area contributed by atoms with Crippen LogP contribution in [0.4, 0.5) is 5.69 Å². The number of anilines is 1. The van der Waals surface area contributed by atoms with Gasteiger partial charge in [-0.2, -0.15) is 0 Å². The van der Waals surface area contributed by atoms with Crippen LogP contribution in [0.25, 0.3) is 0 Å². The Bertz CT molecular complexity index is 851. The summed E-state index contributed by atoms with van der Waals surface area (Å²) in [5, 5.41) is 2.89. The van der Waals surface area contributed by atoms with Crippen LogP contribution in [-0.4, -0.2) is 20.9 Å². The number of hydrogen-bond donors (Lipinski definition) is 2. The number of sulfonamides is 1. The largest absolute Gasteiger partial charge is 0.326 e. The molecule has 2 aromatic rings. The van der Waals surface area contributed by atoms with Gasteiger partial charge in [-0.1, -0.05) is 29.8 Å². The molecule has 128 valence electrons. The number of rotatable bonds is 6. The molecule has 0 saturated heterocycles. The Balaban J connectivity index is 1.90. The number of amides is 1. The molecule has 2 N–H and O–H groups in total. The van der Waals surface area contributed by atoms with Crippen LogP contribution in [0, 0.1) is 13.8 Å². The van der Waals surface area contributed by atoms with Crippen molar-refractivity contribution in [2.75, 3.05) is 11.9 Å². The first-order valence-electron chi connectivity index (χ1n) is 7.41. The fourth-order valence-corrected chi connectivity index (χ4v) is 3.63. The second-order valence-electron chi connectivity index (χ2n) is 5.43. The molecule has 0 aromatic heterocycles. The van der Waals surface area contributed by atoms with E-state index in [-0.39, 0.29) is 28.8 Å². The van der Waals surface area contributed by atoms with E-state index in [9.17, 15) is 13.2 Å². The van der Waals surface area contributed by atoms with Crippen LogP contribution in [-0.2, 0) is 14.8 Å². The predicted molar refractivity (Wildman–Crippen MR) is 95.8 cm³/mol. The molecule has 2 aromatic carbocycles. The van der Waals surface area contributed by atoms with Gasteiger partial charge in [-0.15, -0.1) is 0 Å². The normalized spacial score (nSPS) is 11.3. The predicted octanol–water partition coefficient (Wildman–Crippen LogP) is 3.26. The number of benzene rings is 2. The summed E-state index contributed by atoms with van der Waals surface area (Å²) in [7, 11) is -3.73. The van der Waals surface area contributed by atoms with E-state index < -0.39 is 10.0 Å². The molecular formula is C17H19ClN2O3S. The Kier molecular flexibility index (Phi) is 5.99. The van der Waals surface area contributed by atoms with Gasteiger partial charge in [0, 0.05) is 18.7 Å². The summed E-state index contributed by atoms with van der Waals surface area (Å²) in [6.45, 7) is 3.94. The van der Waals surface area contributed by atoms with Crippen molar-refractivity contribution in [3.05, 3.63) is 58.6 Å². The molecule has 24 heavy (non-hydrogen) atoms. The number of aryl methyl sites for hydroxylation is 2. The van der Waals surface area contributed by atoms with Crippen LogP contribution in [0.2, 0.25) is 5.02 Å². The lowest BCUT2D eigenvalue weighted by molar-refractivity contribution is -0.116. The molecule has 0 saturated carbocycles. The first kappa shape index (κ1) is 18.4. The van der Waals surface area contributed by atoms with Gasteiger partial charge in [0.05, 0.1) is 5.02 Å². The second kappa shape index (κ2) is 7.79. The van der Waals surface area contributed by atoms with Gasteiger partial charge in [-0.25, -0.2) is 13.1 Å². The van der Waals surface area contributed by atoms with Gasteiger partial charge >= 0.3 is 0 Å². The number of hydrogen-bond acceptors (Lipinski definition) is 3. The summed E-state index contributed by atoms with van der Waals surface area (Å²) in [5.74, 6) is -0.264. The summed E-state index contributed by atoms with van der Waals surface area (Å²) in [6.07, 6.45) is 0.0244. The highest BCUT2D eigenvalue weighted by Crippen LogP contribution is 2.20. The number of nitrogens with one attached hydrogen (secondary N) is 2. The van der Waals surface area contributed by atoms with E-state index in [0.717, 1.165) is 11.1 Å². The molecule has 0 aliphatic rings. The molecule has 0 bridgehead atoms. The van der Waals surface area contributed by atoms with Crippen molar-refractivity contribution in [1.82, 2.24) is 4.72 Å². The SMILES string of the molecule is Cc1ccc(NC(=O)CCNS(=O)(=O)c2ccccc2Cl)cc1C. The molecule has 7 heteroatoms. The van der Waals surface area contributed by atoms with E-state index >= 15 is 0 Å². The molecule has 0 aliphatic carbocycles. The molecule has 0 unspecified atom stereocenters. The quantitative estimate of drug-likeness (QED) is 0.823. The maximum Gasteiger partial charge on any atom is 0.242 e. The van der Waals surface area contributed by atoms with Gasteiger partial charge in [0.15, 0.2) is 0 Å².